The first kappa shape index (κ1) is 14.1. The van der Waals surface area contributed by atoms with Crippen LogP contribution in [0.25, 0.3) is 0 Å². The maximum atomic E-state index is 13.0. The van der Waals surface area contributed by atoms with E-state index in [9.17, 15) is 13.6 Å². The van der Waals surface area contributed by atoms with E-state index in [0.717, 1.165) is 12.1 Å². The molecule has 0 saturated heterocycles. The normalized spacial score (nSPS) is 11.4. The van der Waals surface area contributed by atoms with Gasteiger partial charge in [-0.3, -0.25) is 4.79 Å². The maximum Gasteiger partial charge on any atom is 0.254 e. The van der Waals surface area contributed by atoms with E-state index in [1.165, 1.54) is 11.0 Å². The molecule has 0 aliphatic heterocycles. The summed E-state index contributed by atoms with van der Waals surface area (Å²) in [6.07, 6.45) is 0. The Morgan fingerprint density at radius 1 is 1.35 bits per heavy atom. The van der Waals surface area contributed by atoms with E-state index in [4.69, 9.17) is 0 Å². The molecule has 0 radical (unpaired) electrons. The average Bonchev–Trinajstić information content (AvgIpc) is 2.30. The molecule has 0 saturated carbocycles. The second-order valence-corrected chi connectivity index (χ2v) is 5.00. The van der Waals surface area contributed by atoms with Crippen LogP contribution < -0.4 is 0 Å². The van der Waals surface area contributed by atoms with E-state index in [1.54, 1.807) is 7.05 Å². The fourth-order valence-corrected chi connectivity index (χ4v) is 1.56. The molecule has 1 rings (SSSR count). The number of rotatable bonds is 3. The third-order valence-electron chi connectivity index (χ3n) is 2.71. The van der Waals surface area contributed by atoms with Crippen molar-refractivity contribution in [2.45, 2.75) is 19.4 Å². The highest BCUT2D eigenvalue weighted by molar-refractivity contribution is 9.09. The van der Waals surface area contributed by atoms with Crippen molar-refractivity contribution in [1.82, 2.24) is 4.90 Å². The zero-order valence-electron chi connectivity index (χ0n) is 9.93. The summed E-state index contributed by atoms with van der Waals surface area (Å²) >= 11 is 3.31. The first-order valence-electron chi connectivity index (χ1n) is 5.09. The SMILES string of the molecule is CN(C(=O)c1ccc(F)c(F)c1)C(C)(C)CBr. The molecule has 0 fully saturated rings. The van der Waals surface area contributed by atoms with Gasteiger partial charge in [0.1, 0.15) is 0 Å². The van der Waals surface area contributed by atoms with E-state index in [-0.39, 0.29) is 11.5 Å². The Kier molecular flexibility index (Phi) is 4.25. The van der Waals surface area contributed by atoms with Crippen molar-refractivity contribution in [2.75, 3.05) is 12.4 Å². The summed E-state index contributed by atoms with van der Waals surface area (Å²) < 4.78 is 25.8. The third-order valence-corrected chi connectivity index (χ3v) is 4.08. The molecular weight excluding hydrogens is 292 g/mol. The summed E-state index contributed by atoms with van der Waals surface area (Å²) in [5.41, 5.74) is -0.262. The monoisotopic (exact) mass is 305 g/mol. The van der Waals surface area contributed by atoms with Gasteiger partial charge in [-0.15, -0.1) is 0 Å². The van der Waals surface area contributed by atoms with Crippen LogP contribution >= 0.6 is 15.9 Å². The van der Waals surface area contributed by atoms with Crippen molar-refractivity contribution in [3.63, 3.8) is 0 Å². The number of carbonyl (C=O) groups is 1. The highest BCUT2D eigenvalue weighted by Gasteiger charge is 2.27. The van der Waals surface area contributed by atoms with Crippen LogP contribution in [0.5, 0.6) is 0 Å². The maximum absolute atomic E-state index is 13.0. The standard InChI is InChI=1S/C12H14BrF2NO/c1-12(2,7-13)16(3)11(17)8-4-5-9(14)10(15)6-8/h4-6H,7H2,1-3H3. The van der Waals surface area contributed by atoms with Crippen LogP contribution in [0.1, 0.15) is 24.2 Å². The predicted octanol–water partition coefficient (Wildman–Crippen LogP) is 3.21. The third kappa shape index (κ3) is 3.03. The molecule has 17 heavy (non-hydrogen) atoms. The van der Waals surface area contributed by atoms with Gasteiger partial charge in [0.2, 0.25) is 0 Å². The van der Waals surface area contributed by atoms with Crippen LogP contribution in [0.15, 0.2) is 18.2 Å². The summed E-state index contributed by atoms with van der Waals surface area (Å²) in [4.78, 5) is 13.5. The van der Waals surface area contributed by atoms with Crippen LogP contribution in [0.4, 0.5) is 8.78 Å². The lowest BCUT2D eigenvalue weighted by atomic mass is 10.0. The minimum Gasteiger partial charge on any atom is -0.336 e. The minimum atomic E-state index is -1.01. The summed E-state index contributed by atoms with van der Waals surface area (Å²) in [6, 6.07) is 3.15. The predicted molar refractivity (Wildman–Crippen MR) is 66.3 cm³/mol. The molecule has 0 N–H and O–H groups in total. The van der Waals surface area contributed by atoms with Gasteiger partial charge in [0.25, 0.3) is 5.91 Å². The fraction of sp³-hybridized carbons (Fsp3) is 0.417. The molecule has 1 aromatic rings. The Balaban J connectivity index is 3.01. The summed E-state index contributed by atoms with van der Waals surface area (Å²) in [5, 5.41) is 0.589. The highest BCUT2D eigenvalue weighted by atomic mass is 79.9. The first-order chi connectivity index (χ1) is 7.79. The van der Waals surface area contributed by atoms with Crippen molar-refractivity contribution in [3.8, 4) is 0 Å². The number of hydrogen-bond acceptors (Lipinski definition) is 1. The Hall–Kier alpha value is -0.970. The van der Waals surface area contributed by atoms with Crippen molar-refractivity contribution < 1.29 is 13.6 Å². The van der Waals surface area contributed by atoms with Crippen molar-refractivity contribution in [2.24, 2.45) is 0 Å². The molecule has 0 atom stereocenters. The molecule has 5 heteroatoms. The molecule has 0 aromatic heterocycles. The molecule has 1 amide bonds. The number of benzene rings is 1. The zero-order chi connectivity index (χ0) is 13.2. The number of alkyl halides is 1. The van der Waals surface area contributed by atoms with Gasteiger partial charge >= 0.3 is 0 Å². The lowest BCUT2D eigenvalue weighted by Crippen LogP contribution is -2.46. The Bertz CT molecular complexity index is 435. The molecule has 0 aliphatic carbocycles. The molecule has 2 nitrogen and oxygen atoms in total. The van der Waals surface area contributed by atoms with Crippen LogP contribution in [-0.4, -0.2) is 28.7 Å². The van der Waals surface area contributed by atoms with Gasteiger partial charge in [0.05, 0.1) is 0 Å². The number of halogens is 3. The van der Waals surface area contributed by atoms with E-state index in [1.807, 2.05) is 13.8 Å². The number of carbonyl (C=O) groups excluding carboxylic acids is 1. The molecule has 94 valence electrons. The van der Waals surface area contributed by atoms with Gasteiger partial charge in [0, 0.05) is 23.5 Å². The smallest absolute Gasteiger partial charge is 0.254 e. The second kappa shape index (κ2) is 5.12. The summed E-state index contributed by atoms with van der Waals surface area (Å²) in [7, 11) is 1.63. The molecule has 0 spiro atoms. The van der Waals surface area contributed by atoms with E-state index in [0.29, 0.717) is 5.33 Å². The van der Waals surface area contributed by atoms with Gasteiger partial charge in [-0.1, -0.05) is 15.9 Å². The lowest BCUT2D eigenvalue weighted by Gasteiger charge is -2.34. The van der Waals surface area contributed by atoms with Crippen LogP contribution in [0.3, 0.4) is 0 Å². The zero-order valence-corrected chi connectivity index (χ0v) is 11.5. The summed E-state index contributed by atoms with van der Waals surface area (Å²) in [5.74, 6) is -2.31. The summed E-state index contributed by atoms with van der Waals surface area (Å²) in [6.45, 7) is 3.75. The van der Waals surface area contributed by atoms with Gasteiger partial charge in [-0.2, -0.15) is 0 Å². The molecular formula is C12H14BrF2NO. The number of hydrogen-bond donors (Lipinski definition) is 0. The lowest BCUT2D eigenvalue weighted by molar-refractivity contribution is 0.0663. The quantitative estimate of drug-likeness (QED) is 0.785. The van der Waals surface area contributed by atoms with Gasteiger partial charge in [-0.05, 0) is 32.0 Å². The Morgan fingerprint density at radius 3 is 2.41 bits per heavy atom. The topological polar surface area (TPSA) is 20.3 Å². The van der Waals surface area contributed by atoms with Crippen molar-refractivity contribution in [3.05, 3.63) is 35.4 Å². The van der Waals surface area contributed by atoms with Crippen LogP contribution in [0, 0.1) is 11.6 Å². The molecule has 1 aromatic carbocycles. The van der Waals surface area contributed by atoms with E-state index < -0.39 is 17.2 Å². The molecule has 0 bridgehead atoms. The molecule has 0 aliphatic rings. The fourth-order valence-electron chi connectivity index (χ4n) is 1.19. The molecule has 0 heterocycles. The van der Waals surface area contributed by atoms with Crippen molar-refractivity contribution in [1.29, 1.82) is 0 Å². The Morgan fingerprint density at radius 2 is 1.94 bits per heavy atom. The minimum absolute atomic E-state index is 0.139. The van der Waals surface area contributed by atoms with E-state index >= 15 is 0 Å². The highest BCUT2D eigenvalue weighted by Crippen LogP contribution is 2.19. The van der Waals surface area contributed by atoms with Crippen LogP contribution in [0.2, 0.25) is 0 Å². The van der Waals surface area contributed by atoms with E-state index in [2.05, 4.69) is 15.9 Å². The van der Waals surface area contributed by atoms with Gasteiger partial charge < -0.3 is 4.90 Å². The molecule has 0 unspecified atom stereocenters. The number of amides is 1. The van der Waals surface area contributed by atoms with Gasteiger partial charge in [-0.25, -0.2) is 8.78 Å². The van der Waals surface area contributed by atoms with Crippen molar-refractivity contribution >= 4 is 21.8 Å². The number of nitrogens with zero attached hydrogens (tertiary/aromatic N) is 1. The average molecular weight is 306 g/mol. The second-order valence-electron chi connectivity index (χ2n) is 4.44. The Labute approximate surface area is 108 Å². The van der Waals surface area contributed by atoms with Gasteiger partial charge in [0.15, 0.2) is 11.6 Å². The van der Waals surface area contributed by atoms with Crippen LogP contribution in [-0.2, 0) is 0 Å². The first-order valence-corrected chi connectivity index (χ1v) is 6.21. The largest absolute Gasteiger partial charge is 0.336 e.